The molecule has 1 amide bonds. The number of aromatic amines is 2. The molecule has 1 unspecified atom stereocenters. The number of methoxy groups -OCH3 is 1. The predicted molar refractivity (Wildman–Crippen MR) is 127 cm³/mol. The van der Waals surface area contributed by atoms with E-state index in [0.29, 0.717) is 30.8 Å². The third-order valence-corrected chi connectivity index (χ3v) is 5.99. The molecule has 2 aromatic heterocycles. The van der Waals surface area contributed by atoms with Crippen LogP contribution in [-0.4, -0.2) is 38.9 Å². The molecule has 0 saturated heterocycles. The molecule has 33 heavy (non-hydrogen) atoms. The number of carbonyl (C=O) groups is 2. The fourth-order valence-corrected chi connectivity index (χ4v) is 4.06. The smallest absolute Gasteiger partial charge is 0.225 e. The fourth-order valence-electron chi connectivity index (χ4n) is 4.06. The number of benzene rings is 1. The first-order valence-electron chi connectivity index (χ1n) is 11.6. The van der Waals surface area contributed by atoms with Gasteiger partial charge in [-0.1, -0.05) is 19.8 Å². The maximum absolute atomic E-state index is 13.0. The van der Waals surface area contributed by atoms with Crippen LogP contribution < -0.4 is 10.1 Å². The van der Waals surface area contributed by atoms with Gasteiger partial charge in [-0.15, -0.1) is 0 Å². The lowest BCUT2D eigenvalue weighted by Gasteiger charge is -2.17. The summed E-state index contributed by atoms with van der Waals surface area (Å²) in [7, 11) is 1.62. The largest absolute Gasteiger partial charge is 0.497 e. The maximum atomic E-state index is 13.0. The van der Waals surface area contributed by atoms with Gasteiger partial charge in [0.15, 0.2) is 0 Å². The Morgan fingerprint density at radius 3 is 2.73 bits per heavy atom. The number of aliphatic hydroxyl groups excluding tert-OH is 1. The summed E-state index contributed by atoms with van der Waals surface area (Å²) in [5.74, 6) is 1.56. The molecule has 0 fully saturated rings. The summed E-state index contributed by atoms with van der Waals surface area (Å²) in [6, 6.07) is 5.49. The number of fused-ring (bicyclic) bond motifs is 1. The number of H-pyrrole nitrogens is 2. The standard InChI is InChI=1S/C25H34N4O4/c1-4-18(31)8-6-5-7-9-23(25-26-14-17(15-30)28-25)29-24(32)13-20-16(2)27-22-11-10-19(33-3)12-21(20)22/h10-12,14,23,27,30H,4-9,13,15H2,1-3H3,(H,26,28)(H,29,32). The van der Waals surface area contributed by atoms with Crippen LogP contribution in [0.5, 0.6) is 5.75 Å². The van der Waals surface area contributed by atoms with Crippen molar-refractivity contribution in [2.45, 2.75) is 71.4 Å². The highest BCUT2D eigenvalue weighted by Crippen LogP contribution is 2.27. The number of amides is 1. The van der Waals surface area contributed by atoms with E-state index in [-0.39, 0.29) is 30.8 Å². The van der Waals surface area contributed by atoms with E-state index in [2.05, 4.69) is 20.3 Å². The number of hydrogen-bond acceptors (Lipinski definition) is 5. The summed E-state index contributed by atoms with van der Waals surface area (Å²) in [6.45, 7) is 3.71. The summed E-state index contributed by atoms with van der Waals surface area (Å²) >= 11 is 0. The van der Waals surface area contributed by atoms with Crippen molar-refractivity contribution in [2.24, 2.45) is 0 Å². The molecule has 3 rings (SSSR count). The van der Waals surface area contributed by atoms with Crippen molar-refractivity contribution in [2.75, 3.05) is 7.11 Å². The van der Waals surface area contributed by atoms with Crippen LogP contribution in [0.2, 0.25) is 0 Å². The molecule has 1 atom stereocenters. The van der Waals surface area contributed by atoms with E-state index >= 15 is 0 Å². The number of unbranched alkanes of at least 4 members (excludes halogenated alkanes) is 2. The van der Waals surface area contributed by atoms with Crippen LogP contribution >= 0.6 is 0 Å². The number of rotatable bonds is 13. The Morgan fingerprint density at radius 2 is 2.03 bits per heavy atom. The third-order valence-electron chi connectivity index (χ3n) is 5.99. The van der Waals surface area contributed by atoms with E-state index in [1.54, 1.807) is 13.3 Å². The molecule has 0 bridgehead atoms. The van der Waals surface area contributed by atoms with Gasteiger partial charge in [-0.2, -0.15) is 0 Å². The lowest BCUT2D eigenvalue weighted by molar-refractivity contribution is -0.121. The quantitative estimate of drug-likeness (QED) is 0.291. The minimum Gasteiger partial charge on any atom is -0.497 e. The predicted octanol–water partition coefficient (Wildman–Crippen LogP) is 4.03. The van der Waals surface area contributed by atoms with Crippen molar-refractivity contribution in [3.63, 3.8) is 0 Å². The molecule has 0 spiro atoms. The highest BCUT2D eigenvalue weighted by atomic mass is 16.5. The van der Waals surface area contributed by atoms with Crippen LogP contribution in [-0.2, 0) is 22.6 Å². The van der Waals surface area contributed by atoms with Gasteiger partial charge in [0, 0.05) is 29.4 Å². The highest BCUT2D eigenvalue weighted by Gasteiger charge is 2.20. The first-order chi connectivity index (χ1) is 15.9. The number of nitrogens with one attached hydrogen (secondary N) is 3. The number of nitrogens with zero attached hydrogens (tertiary/aromatic N) is 1. The first-order valence-corrected chi connectivity index (χ1v) is 11.6. The van der Waals surface area contributed by atoms with Gasteiger partial charge in [0.05, 0.1) is 38.1 Å². The lowest BCUT2D eigenvalue weighted by Crippen LogP contribution is -2.30. The number of ether oxygens (including phenoxy) is 1. The van der Waals surface area contributed by atoms with Gasteiger partial charge in [0.1, 0.15) is 17.4 Å². The molecule has 0 aliphatic rings. The summed E-state index contributed by atoms with van der Waals surface area (Å²) < 4.78 is 5.34. The number of hydrogen-bond donors (Lipinski definition) is 4. The van der Waals surface area contributed by atoms with Crippen LogP contribution in [0.4, 0.5) is 0 Å². The van der Waals surface area contributed by atoms with Crippen molar-refractivity contribution in [3.05, 3.63) is 47.2 Å². The summed E-state index contributed by atoms with van der Waals surface area (Å²) in [5, 5.41) is 13.5. The topological polar surface area (TPSA) is 120 Å². The molecule has 0 saturated carbocycles. The summed E-state index contributed by atoms with van der Waals surface area (Å²) in [5.41, 5.74) is 3.46. The van der Waals surface area contributed by atoms with Gasteiger partial charge in [0.2, 0.25) is 5.91 Å². The highest BCUT2D eigenvalue weighted by molar-refractivity contribution is 5.91. The van der Waals surface area contributed by atoms with Gasteiger partial charge < -0.3 is 25.1 Å². The van der Waals surface area contributed by atoms with Crippen molar-refractivity contribution >= 4 is 22.6 Å². The number of aryl methyl sites for hydroxylation is 1. The molecule has 8 nitrogen and oxygen atoms in total. The molecule has 1 aromatic carbocycles. The van der Waals surface area contributed by atoms with E-state index < -0.39 is 0 Å². The number of aromatic nitrogens is 3. The maximum Gasteiger partial charge on any atom is 0.225 e. The van der Waals surface area contributed by atoms with E-state index in [9.17, 15) is 14.7 Å². The number of imidazole rings is 1. The number of ketones is 1. The van der Waals surface area contributed by atoms with Crippen molar-refractivity contribution in [1.29, 1.82) is 0 Å². The van der Waals surface area contributed by atoms with Gasteiger partial charge in [-0.3, -0.25) is 9.59 Å². The second kappa shape index (κ2) is 11.7. The van der Waals surface area contributed by atoms with Crippen LogP contribution in [0.3, 0.4) is 0 Å². The number of aliphatic hydroxyl groups is 1. The average Bonchev–Trinajstić information content (AvgIpc) is 3.42. The van der Waals surface area contributed by atoms with Crippen LogP contribution in [0.25, 0.3) is 10.9 Å². The molecule has 3 aromatic rings. The molecule has 8 heteroatoms. The SMILES string of the molecule is CCC(=O)CCCCCC(NC(=O)Cc1c(C)[nH]c2ccc(OC)cc12)c1ncc(CO)[nH]1. The Kier molecular flexibility index (Phi) is 8.65. The minimum absolute atomic E-state index is 0.102. The molecule has 0 aliphatic heterocycles. The van der Waals surface area contributed by atoms with Crippen molar-refractivity contribution < 1.29 is 19.4 Å². The Bertz CT molecular complexity index is 1090. The first kappa shape index (κ1) is 24.5. The second-order valence-corrected chi connectivity index (χ2v) is 8.38. The number of Topliss-reactive ketones (excluding diaryl/α,β-unsaturated/α-hetero) is 1. The molecular weight excluding hydrogens is 420 g/mol. The average molecular weight is 455 g/mol. The van der Waals surface area contributed by atoms with E-state index in [1.165, 1.54) is 0 Å². The Labute approximate surface area is 194 Å². The van der Waals surface area contributed by atoms with Crippen molar-refractivity contribution in [1.82, 2.24) is 20.3 Å². The summed E-state index contributed by atoms with van der Waals surface area (Å²) in [6.07, 6.45) is 6.32. The second-order valence-electron chi connectivity index (χ2n) is 8.38. The van der Waals surface area contributed by atoms with Gasteiger partial charge in [-0.05, 0) is 43.5 Å². The number of carbonyl (C=O) groups excluding carboxylic acids is 2. The molecule has 0 radical (unpaired) electrons. The van der Waals surface area contributed by atoms with Gasteiger partial charge in [-0.25, -0.2) is 4.98 Å². The zero-order valence-electron chi connectivity index (χ0n) is 19.7. The molecular formula is C25H34N4O4. The van der Waals surface area contributed by atoms with E-state index in [1.807, 2.05) is 32.0 Å². The monoisotopic (exact) mass is 454 g/mol. The van der Waals surface area contributed by atoms with Crippen LogP contribution in [0.15, 0.2) is 24.4 Å². The third kappa shape index (κ3) is 6.44. The van der Waals surface area contributed by atoms with Crippen LogP contribution in [0, 0.1) is 6.92 Å². The van der Waals surface area contributed by atoms with E-state index in [4.69, 9.17) is 4.74 Å². The Morgan fingerprint density at radius 1 is 1.21 bits per heavy atom. The van der Waals surface area contributed by atoms with Crippen LogP contribution in [0.1, 0.15) is 74.3 Å². The normalized spacial score (nSPS) is 12.1. The lowest BCUT2D eigenvalue weighted by atomic mass is 10.0. The summed E-state index contributed by atoms with van der Waals surface area (Å²) in [4.78, 5) is 35.4. The molecule has 2 heterocycles. The molecule has 4 N–H and O–H groups in total. The molecule has 0 aliphatic carbocycles. The van der Waals surface area contributed by atoms with Crippen molar-refractivity contribution in [3.8, 4) is 5.75 Å². The fraction of sp³-hybridized carbons (Fsp3) is 0.480. The Balaban J connectivity index is 1.68. The minimum atomic E-state index is -0.292. The Hall–Kier alpha value is -3.13. The van der Waals surface area contributed by atoms with Gasteiger partial charge in [0.25, 0.3) is 0 Å². The zero-order valence-corrected chi connectivity index (χ0v) is 19.7. The van der Waals surface area contributed by atoms with Gasteiger partial charge >= 0.3 is 0 Å². The van der Waals surface area contributed by atoms with E-state index in [0.717, 1.165) is 47.2 Å². The zero-order chi connectivity index (χ0) is 23.8. The molecule has 178 valence electrons.